The molecule has 3 aromatic rings. The molecule has 0 aliphatic carbocycles. The number of sulfone groups is 1. The minimum Gasteiger partial charge on any atom is -0.497 e. The van der Waals surface area contributed by atoms with Gasteiger partial charge in [-0.25, -0.2) is 23.2 Å². The highest BCUT2D eigenvalue weighted by Gasteiger charge is 2.20. The highest BCUT2D eigenvalue weighted by molar-refractivity contribution is 7.90. The maximum absolute atomic E-state index is 13.0. The monoisotopic (exact) mass is 526 g/mol. The molecule has 3 rings (SSSR count). The lowest BCUT2D eigenvalue weighted by atomic mass is 10.0. The first-order valence-electron chi connectivity index (χ1n) is 11.4. The van der Waals surface area contributed by atoms with Gasteiger partial charge in [0.05, 0.1) is 18.4 Å². The molecule has 0 bridgehead atoms. The molecule has 0 aliphatic rings. The van der Waals surface area contributed by atoms with Crippen molar-refractivity contribution in [1.82, 2.24) is 15.3 Å². The van der Waals surface area contributed by atoms with Crippen molar-refractivity contribution in [3.8, 4) is 5.75 Å². The summed E-state index contributed by atoms with van der Waals surface area (Å²) < 4.78 is 34.6. The summed E-state index contributed by atoms with van der Waals surface area (Å²) in [5.74, 6) is 0.249. The third kappa shape index (κ3) is 8.28. The van der Waals surface area contributed by atoms with Gasteiger partial charge in [0.15, 0.2) is 0 Å². The van der Waals surface area contributed by atoms with Gasteiger partial charge in [-0.05, 0) is 56.2 Å². The lowest BCUT2D eigenvalue weighted by molar-refractivity contribution is 0.0635. The molecule has 1 aromatic heterocycles. The molecule has 0 radical (unpaired) electrons. The second kappa shape index (κ2) is 11.4. The molecule has 2 aromatic carbocycles. The predicted molar refractivity (Wildman–Crippen MR) is 138 cm³/mol. The summed E-state index contributed by atoms with van der Waals surface area (Å²) in [7, 11) is -2.13. The number of nitrogens with one attached hydrogen (secondary N) is 2. The Morgan fingerprint density at radius 1 is 1.03 bits per heavy atom. The van der Waals surface area contributed by atoms with Crippen LogP contribution in [0.3, 0.4) is 0 Å². The molecule has 37 heavy (non-hydrogen) atoms. The van der Waals surface area contributed by atoms with Gasteiger partial charge < -0.3 is 14.8 Å². The number of carbonyl (C=O) groups excluding carboxylic acids is 2. The first-order valence-corrected chi connectivity index (χ1v) is 13.3. The number of aromatic nitrogens is 2. The van der Waals surface area contributed by atoms with Crippen molar-refractivity contribution < 1.29 is 27.5 Å². The largest absolute Gasteiger partial charge is 0.497 e. The van der Waals surface area contributed by atoms with Crippen molar-refractivity contribution in [2.45, 2.75) is 44.5 Å². The fourth-order valence-electron chi connectivity index (χ4n) is 3.30. The molecular weight excluding hydrogens is 496 g/mol. The van der Waals surface area contributed by atoms with E-state index in [9.17, 15) is 18.0 Å². The number of carbonyl (C=O) groups is 2. The number of amides is 2. The van der Waals surface area contributed by atoms with Crippen LogP contribution in [0.15, 0.2) is 59.9 Å². The van der Waals surface area contributed by atoms with E-state index < -0.39 is 27.4 Å². The first kappa shape index (κ1) is 27.6. The minimum absolute atomic E-state index is 0.125. The summed E-state index contributed by atoms with van der Waals surface area (Å²) in [6.07, 6.45) is 1.73. The fourth-order valence-corrected chi connectivity index (χ4v) is 3.82. The summed E-state index contributed by atoms with van der Waals surface area (Å²) in [4.78, 5) is 33.2. The van der Waals surface area contributed by atoms with Gasteiger partial charge in [-0.15, -0.1) is 0 Å². The summed E-state index contributed by atoms with van der Waals surface area (Å²) in [6, 6.07) is 14.1. The van der Waals surface area contributed by atoms with Crippen LogP contribution in [0.25, 0.3) is 0 Å². The van der Waals surface area contributed by atoms with Gasteiger partial charge in [0.1, 0.15) is 11.4 Å². The molecule has 0 atom stereocenters. The lowest BCUT2D eigenvalue weighted by Gasteiger charge is -2.19. The van der Waals surface area contributed by atoms with Crippen LogP contribution in [-0.2, 0) is 27.5 Å². The molecule has 0 saturated carbocycles. The van der Waals surface area contributed by atoms with E-state index in [-0.39, 0.29) is 29.4 Å². The number of hydrogen-bond acceptors (Lipinski definition) is 8. The summed E-state index contributed by atoms with van der Waals surface area (Å²) >= 11 is 0. The molecule has 10 nitrogen and oxygen atoms in total. The Hall–Kier alpha value is -3.99. The van der Waals surface area contributed by atoms with Crippen molar-refractivity contribution in [2.24, 2.45) is 0 Å². The van der Waals surface area contributed by atoms with Crippen LogP contribution in [0.2, 0.25) is 0 Å². The molecule has 2 amide bonds. The van der Waals surface area contributed by atoms with Crippen LogP contribution in [0.4, 0.5) is 10.5 Å². The molecule has 0 saturated heterocycles. The van der Waals surface area contributed by atoms with E-state index in [0.29, 0.717) is 17.0 Å². The molecule has 2 N–H and O–H groups in total. The van der Waals surface area contributed by atoms with Gasteiger partial charge in [0.25, 0.3) is 5.91 Å². The van der Waals surface area contributed by atoms with E-state index in [1.54, 1.807) is 64.3 Å². The smallest absolute Gasteiger partial charge is 0.412 e. The van der Waals surface area contributed by atoms with Crippen LogP contribution in [0.5, 0.6) is 5.75 Å². The van der Waals surface area contributed by atoms with Crippen molar-refractivity contribution in [1.29, 1.82) is 0 Å². The molecule has 196 valence electrons. The van der Waals surface area contributed by atoms with Crippen LogP contribution in [0, 0.1) is 0 Å². The van der Waals surface area contributed by atoms with Crippen molar-refractivity contribution in [2.75, 3.05) is 18.7 Å². The average Bonchev–Trinajstić information content (AvgIpc) is 2.81. The summed E-state index contributed by atoms with van der Waals surface area (Å²) in [5.41, 5.74) is 1.75. The average molecular weight is 527 g/mol. The van der Waals surface area contributed by atoms with Crippen molar-refractivity contribution in [3.05, 3.63) is 77.1 Å². The number of anilines is 1. The third-order valence-electron chi connectivity index (χ3n) is 4.98. The molecule has 1 heterocycles. The molecular formula is C26H30N4O6S. The second-order valence-corrected chi connectivity index (χ2v) is 11.2. The Labute approximate surface area is 216 Å². The third-order valence-corrected chi connectivity index (χ3v) is 5.84. The molecule has 0 spiro atoms. The Morgan fingerprint density at radius 2 is 1.73 bits per heavy atom. The Balaban J connectivity index is 1.83. The van der Waals surface area contributed by atoms with Gasteiger partial charge in [-0.3, -0.25) is 10.1 Å². The van der Waals surface area contributed by atoms with Crippen LogP contribution >= 0.6 is 0 Å². The molecule has 11 heteroatoms. The van der Waals surface area contributed by atoms with E-state index in [1.807, 2.05) is 12.1 Å². The topological polar surface area (TPSA) is 137 Å². The number of methoxy groups -OCH3 is 1. The van der Waals surface area contributed by atoms with Crippen molar-refractivity contribution in [3.63, 3.8) is 0 Å². The first-order chi connectivity index (χ1) is 17.3. The zero-order chi connectivity index (χ0) is 27.2. The molecule has 0 unspecified atom stereocenters. The van der Waals surface area contributed by atoms with Gasteiger partial charge in [0.2, 0.25) is 15.0 Å². The van der Waals surface area contributed by atoms with E-state index in [0.717, 1.165) is 11.8 Å². The highest BCUT2D eigenvalue weighted by atomic mass is 32.2. The quantitative estimate of drug-likeness (QED) is 0.424. The summed E-state index contributed by atoms with van der Waals surface area (Å²) in [6.45, 7) is 5.53. The van der Waals surface area contributed by atoms with Gasteiger partial charge in [0, 0.05) is 31.1 Å². The standard InChI is InChI=1S/C26H30N4O6S/c1-26(2,3)36-25(32)29-19-8-6-7-18(13-19)14-22-21(16-28-24(30-22)37(5,33)34)23(31)27-15-17-9-11-20(35-4)12-10-17/h6-13,16H,14-15H2,1-5H3,(H,27,31)(H,29,32). The molecule has 0 aliphatic heterocycles. The zero-order valence-corrected chi connectivity index (χ0v) is 22.2. The van der Waals surface area contributed by atoms with E-state index in [4.69, 9.17) is 9.47 Å². The Kier molecular flexibility index (Phi) is 8.49. The normalized spacial score (nSPS) is 11.5. The van der Waals surface area contributed by atoms with Gasteiger partial charge in [-0.2, -0.15) is 0 Å². The number of rotatable bonds is 8. The van der Waals surface area contributed by atoms with Gasteiger partial charge >= 0.3 is 6.09 Å². The number of hydrogen-bond donors (Lipinski definition) is 2. The highest BCUT2D eigenvalue weighted by Crippen LogP contribution is 2.19. The minimum atomic E-state index is -3.70. The lowest BCUT2D eigenvalue weighted by Crippen LogP contribution is -2.27. The van der Waals surface area contributed by atoms with E-state index >= 15 is 0 Å². The van der Waals surface area contributed by atoms with Crippen LogP contribution < -0.4 is 15.4 Å². The predicted octanol–water partition coefficient (Wildman–Crippen LogP) is 3.76. The maximum Gasteiger partial charge on any atom is 0.412 e. The van der Waals surface area contributed by atoms with E-state index in [1.165, 1.54) is 6.20 Å². The summed E-state index contributed by atoms with van der Waals surface area (Å²) in [5, 5.41) is 5.10. The van der Waals surface area contributed by atoms with Crippen LogP contribution in [0.1, 0.15) is 48.0 Å². The number of benzene rings is 2. The zero-order valence-electron chi connectivity index (χ0n) is 21.4. The fraction of sp³-hybridized carbons (Fsp3) is 0.308. The van der Waals surface area contributed by atoms with E-state index in [2.05, 4.69) is 20.6 Å². The second-order valence-electron chi connectivity index (χ2n) is 9.32. The van der Waals surface area contributed by atoms with Crippen LogP contribution in [-0.4, -0.2) is 49.4 Å². The number of nitrogens with zero attached hydrogens (tertiary/aromatic N) is 2. The SMILES string of the molecule is COc1ccc(CNC(=O)c2cnc(S(C)(=O)=O)nc2Cc2cccc(NC(=O)OC(C)(C)C)c2)cc1. The maximum atomic E-state index is 13.0. The Morgan fingerprint density at radius 3 is 2.35 bits per heavy atom. The Bertz CT molecular complexity index is 1380. The van der Waals surface area contributed by atoms with Gasteiger partial charge in [-0.1, -0.05) is 24.3 Å². The number of ether oxygens (including phenoxy) is 2. The molecule has 0 fully saturated rings. The van der Waals surface area contributed by atoms with Crippen molar-refractivity contribution >= 4 is 27.5 Å².